The van der Waals surface area contributed by atoms with Crippen LogP contribution in [0.3, 0.4) is 0 Å². The molecule has 0 aromatic rings. The standard InChI is InChI=1S/C13H25N3O/c1-11(2)9-12-14-10-13(17)16(12)8-7-15-5-3-4-6-15/h11-12,14H,3-10H2,1-2H3. The Morgan fingerprint density at radius 2 is 2.00 bits per heavy atom. The van der Waals surface area contributed by atoms with Crippen LogP contribution in [0.25, 0.3) is 0 Å². The van der Waals surface area contributed by atoms with Crippen molar-refractivity contribution in [3.05, 3.63) is 0 Å². The van der Waals surface area contributed by atoms with Crippen LogP contribution in [0.1, 0.15) is 33.1 Å². The van der Waals surface area contributed by atoms with Gasteiger partial charge in [0.15, 0.2) is 0 Å². The number of likely N-dealkylation sites (tertiary alicyclic amines) is 1. The highest BCUT2D eigenvalue weighted by molar-refractivity contribution is 5.80. The Bertz CT molecular complexity index is 261. The summed E-state index contributed by atoms with van der Waals surface area (Å²) in [7, 11) is 0. The fraction of sp³-hybridized carbons (Fsp3) is 0.923. The molecule has 98 valence electrons. The molecule has 0 bridgehead atoms. The first-order valence-corrected chi connectivity index (χ1v) is 6.92. The van der Waals surface area contributed by atoms with Crippen LogP contribution in [-0.4, -0.2) is 54.6 Å². The lowest BCUT2D eigenvalue weighted by atomic mass is 10.1. The molecule has 2 aliphatic rings. The van der Waals surface area contributed by atoms with Gasteiger partial charge in [0.2, 0.25) is 5.91 Å². The molecule has 0 aromatic carbocycles. The number of hydrogen-bond acceptors (Lipinski definition) is 3. The van der Waals surface area contributed by atoms with Gasteiger partial charge >= 0.3 is 0 Å². The topological polar surface area (TPSA) is 35.6 Å². The highest BCUT2D eigenvalue weighted by atomic mass is 16.2. The maximum Gasteiger partial charge on any atom is 0.237 e. The Morgan fingerprint density at radius 1 is 1.29 bits per heavy atom. The quantitative estimate of drug-likeness (QED) is 0.774. The predicted octanol–water partition coefficient (Wildman–Crippen LogP) is 0.886. The number of hydrogen-bond donors (Lipinski definition) is 1. The third-order valence-electron chi connectivity index (χ3n) is 3.74. The van der Waals surface area contributed by atoms with Crippen LogP contribution in [0, 0.1) is 5.92 Å². The number of nitrogens with one attached hydrogen (secondary N) is 1. The predicted molar refractivity (Wildman–Crippen MR) is 68.6 cm³/mol. The molecular weight excluding hydrogens is 214 g/mol. The van der Waals surface area contributed by atoms with Crippen molar-refractivity contribution in [2.24, 2.45) is 5.92 Å². The van der Waals surface area contributed by atoms with E-state index in [1.165, 1.54) is 25.9 Å². The molecule has 1 N–H and O–H groups in total. The van der Waals surface area contributed by atoms with Crippen LogP contribution in [0.5, 0.6) is 0 Å². The summed E-state index contributed by atoms with van der Waals surface area (Å²) in [5.74, 6) is 0.905. The summed E-state index contributed by atoms with van der Waals surface area (Å²) < 4.78 is 0. The van der Waals surface area contributed by atoms with Crippen molar-refractivity contribution in [1.29, 1.82) is 0 Å². The van der Waals surface area contributed by atoms with Crippen LogP contribution in [0.4, 0.5) is 0 Å². The van der Waals surface area contributed by atoms with Gasteiger partial charge in [-0.1, -0.05) is 13.8 Å². The lowest BCUT2D eigenvalue weighted by Crippen LogP contribution is -2.42. The van der Waals surface area contributed by atoms with Crippen LogP contribution in [0.2, 0.25) is 0 Å². The molecule has 1 unspecified atom stereocenters. The van der Waals surface area contributed by atoms with Gasteiger partial charge in [-0.3, -0.25) is 10.1 Å². The Labute approximate surface area is 104 Å². The van der Waals surface area contributed by atoms with Gasteiger partial charge in [0, 0.05) is 13.1 Å². The second kappa shape index (κ2) is 5.83. The number of nitrogens with zero attached hydrogens (tertiary/aromatic N) is 2. The number of amides is 1. The number of carbonyl (C=O) groups is 1. The normalized spacial score (nSPS) is 26.4. The molecule has 2 fully saturated rings. The van der Waals surface area contributed by atoms with Crippen LogP contribution < -0.4 is 5.32 Å². The van der Waals surface area contributed by atoms with Gasteiger partial charge in [0.1, 0.15) is 0 Å². The lowest BCUT2D eigenvalue weighted by Gasteiger charge is -2.27. The fourth-order valence-electron chi connectivity index (χ4n) is 2.78. The molecule has 0 radical (unpaired) electrons. The third-order valence-corrected chi connectivity index (χ3v) is 3.74. The molecule has 0 aromatic heterocycles. The molecule has 2 aliphatic heterocycles. The van der Waals surface area contributed by atoms with Crippen molar-refractivity contribution in [2.75, 3.05) is 32.7 Å². The van der Waals surface area contributed by atoms with E-state index < -0.39 is 0 Å². The van der Waals surface area contributed by atoms with E-state index >= 15 is 0 Å². The molecule has 2 heterocycles. The molecule has 17 heavy (non-hydrogen) atoms. The van der Waals surface area contributed by atoms with Crippen LogP contribution in [0.15, 0.2) is 0 Å². The molecule has 4 nitrogen and oxygen atoms in total. The van der Waals surface area contributed by atoms with E-state index in [2.05, 4.69) is 24.1 Å². The van der Waals surface area contributed by atoms with Gasteiger partial charge in [-0.05, 0) is 38.3 Å². The van der Waals surface area contributed by atoms with Gasteiger partial charge in [-0.2, -0.15) is 0 Å². The van der Waals surface area contributed by atoms with Gasteiger partial charge in [0.05, 0.1) is 12.7 Å². The first kappa shape index (κ1) is 12.8. The van der Waals surface area contributed by atoms with E-state index in [4.69, 9.17) is 0 Å². The lowest BCUT2D eigenvalue weighted by molar-refractivity contribution is -0.128. The molecule has 0 saturated carbocycles. The highest BCUT2D eigenvalue weighted by Crippen LogP contribution is 2.15. The Kier molecular flexibility index (Phi) is 4.40. The summed E-state index contributed by atoms with van der Waals surface area (Å²) in [5.41, 5.74) is 0. The molecule has 1 amide bonds. The zero-order valence-corrected chi connectivity index (χ0v) is 11.1. The first-order valence-electron chi connectivity index (χ1n) is 6.92. The minimum absolute atomic E-state index is 0.269. The van der Waals surface area contributed by atoms with E-state index in [-0.39, 0.29) is 12.1 Å². The second-order valence-electron chi connectivity index (χ2n) is 5.66. The van der Waals surface area contributed by atoms with E-state index in [9.17, 15) is 4.79 Å². The van der Waals surface area contributed by atoms with Crippen molar-refractivity contribution in [2.45, 2.75) is 39.3 Å². The fourth-order valence-corrected chi connectivity index (χ4v) is 2.78. The molecule has 2 saturated heterocycles. The van der Waals surface area contributed by atoms with Crippen molar-refractivity contribution in [3.8, 4) is 0 Å². The minimum Gasteiger partial charge on any atom is -0.325 e. The van der Waals surface area contributed by atoms with E-state index in [1.807, 2.05) is 4.90 Å². The van der Waals surface area contributed by atoms with Crippen LogP contribution in [-0.2, 0) is 4.79 Å². The third kappa shape index (κ3) is 3.42. The Balaban J connectivity index is 1.80. The second-order valence-corrected chi connectivity index (χ2v) is 5.66. The minimum atomic E-state index is 0.269. The van der Waals surface area contributed by atoms with E-state index in [0.29, 0.717) is 12.5 Å². The Morgan fingerprint density at radius 3 is 2.65 bits per heavy atom. The zero-order chi connectivity index (χ0) is 12.3. The smallest absolute Gasteiger partial charge is 0.237 e. The molecular formula is C13H25N3O. The average Bonchev–Trinajstić information content (AvgIpc) is 2.87. The SMILES string of the molecule is CC(C)CC1NCC(=O)N1CCN1CCCC1. The summed E-state index contributed by atoms with van der Waals surface area (Å²) >= 11 is 0. The largest absolute Gasteiger partial charge is 0.325 e. The summed E-state index contributed by atoms with van der Waals surface area (Å²) in [6.07, 6.45) is 3.97. The average molecular weight is 239 g/mol. The number of carbonyl (C=O) groups excluding carboxylic acids is 1. The first-order chi connectivity index (χ1) is 8.16. The number of rotatable bonds is 5. The molecule has 2 rings (SSSR count). The highest BCUT2D eigenvalue weighted by Gasteiger charge is 2.30. The maximum absolute atomic E-state index is 11.8. The zero-order valence-electron chi connectivity index (χ0n) is 11.1. The van der Waals surface area contributed by atoms with E-state index in [0.717, 1.165) is 19.5 Å². The van der Waals surface area contributed by atoms with E-state index in [1.54, 1.807) is 0 Å². The van der Waals surface area contributed by atoms with Crippen LogP contribution >= 0.6 is 0 Å². The molecule has 0 spiro atoms. The van der Waals surface area contributed by atoms with Crippen molar-refractivity contribution in [3.63, 3.8) is 0 Å². The molecule has 0 aliphatic carbocycles. The van der Waals surface area contributed by atoms with Gasteiger partial charge in [-0.15, -0.1) is 0 Å². The molecule has 4 heteroatoms. The monoisotopic (exact) mass is 239 g/mol. The van der Waals surface area contributed by atoms with Crippen molar-refractivity contribution in [1.82, 2.24) is 15.1 Å². The molecule has 1 atom stereocenters. The summed E-state index contributed by atoms with van der Waals surface area (Å²) in [4.78, 5) is 16.3. The summed E-state index contributed by atoms with van der Waals surface area (Å²) in [5, 5.41) is 3.32. The Hall–Kier alpha value is -0.610. The van der Waals surface area contributed by atoms with Gasteiger partial charge in [0.25, 0.3) is 0 Å². The van der Waals surface area contributed by atoms with Gasteiger partial charge in [-0.25, -0.2) is 0 Å². The van der Waals surface area contributed by atoms with Gasteiger partial charge < -0.3 is 9.80 Å². The maximum atomic E-state index is 11.8. The summed E-state index contributed by atoms with van der Waals surface area (Å²) in [6.45, 7) is 9.31. The van der Waals surface area contributed by atoms with Crippen molar-refractivity contribution < 1.29 is 4.79 Å². The van der Waals surface area contributed by atoms with Crippen molar-refractivity contribution >= 4 is 5.91 Å². The summed E-state index contributed by atoms with van der Waals surface area (Å²) in [6, 6.07) is 0.